The average molecular weight is 234 g/mol. The number of aryl methyl sites for hydroxylation is 1. The number of aliphatic hydroxyl groups is 1. The summed E-state index contributed by atoms with van der Waals surface area (Å²) in [4.78, 5) is 6.74. The van der Waals surface area contributed by atoms with Crippen molar-refractivity contribution < 1.29 is 5.11 Å². The summed E-state index contributed by atoms with van der Waals surface area (Å²) in [5, 5.41) is 9.45. The van der Waals surface area contributed by atoms with Crippen molar-refractivity contribution in [3.05, 3.63) is 23.5 Å². The molecule has 0 bridgehead atoms. The molecule has 0 aliphatic carbocycles. The number of nitrogens with zero attached hydrogens (tertiary/aromatic N) is 2. The summed E-state index contributed by atoms with van der Waals surface area (Å²) in [5.74, 6) is 0. The molecule has 1 aromatic heterocycles. The third-order valence-electron chi connectivity index (χ3n) is 3.80. The van der Waals surface area contributed by atoms with Crippen LogP contribution in [0.5, 0.6) is 0 Å². The van der Waals surface area contributed by atoms with Gasteiger partial charge in [-0.3, -0.25) is 4.98 Å². The second-order valence-corrected chi connectivity index (χ2v) is 5.01. The fourth-order valence-electron chi connectivity index (χ4n) is 2.84. The van der Waals surface area contributed by atoms with E-state index in [1.165, 1.54) is 18.5 Å². The van der Waals surface area contributed by atoms with Crippen LogP contribution < -0.4 is 4.90 Å². The minimum Gasteiger partial charge on any atom is -0.392 e. The lowest BCUT2D eigenvalue weighted by Gasteiger charge is -2.32. The van der Waals surface area contributed by atoms with Gasteiger partial charge in [0.25, 0.3) is 0 Å². The molecule has 0 saturated carbocycles. The molecule has 2 heterocycles. The second-order valence-electron chi connectivity index (χ2n) is 5.01. The summed E-state index contributed by atoms with van der Waals surface area (Å²) >= 11 is 0. The third-order valence-corrected chi connectivity index (χ3v) is 3.80. The van der Waals surface area contributed by atoms with E-state index in [4.69, 9.17) is 0 Å². The van der Waals surface area contributed by atoms with Crippen LogP contribution in [-0.2, 0) is 6.61 Å². The molecule has 2 unspecified atom stereocenters. The SMILES string of the molecule is CCC1CCC(C)N1c1cc(C)ncc1CO. The van der Waals surface area contributed by atoms with E-state index in [-0.39, 0.29) is 6.61 Å². The zero-order valence-corrected chi connectivity index (χ0v) is 11.0. The molecule has 94 valence electrons. The predicted molar refractivity (Wildman–Crippen MR) is 70.2 cm³/mol. The van der Waals surface area contributed by atoms with E-state index in [2.05, 4.69) is 29.8 Å². The molecule has 2 atom stereocenters. The van der Waals surface area contributed by atoms with Gasteiger partial charge >= 0.3 is 0 Å². The van der Waals surface area contributed by atoms with Gasteiger partial charge in [-0.15, -0.1) is 0 Å². The highest BCUT2D eigenvalue weighted by Crippen LogP contribution is 2.34. The Labute approximate surface area is 103 Å². The summed E-state index contributed by atoms with van der Waals surface area (Å²) < 4.78 is 0. The van der Waals surface area contributed by atoms with Crippen LogP contribution in [0.2, 0.25) is 0 Å². The number of hydrogen-bond donors (Lipinski definition) is 1. The maximum Gasteiger partial charge on any atom is 0.0717 e. The lowest BCUT2D eigenvalue weighted by Crippen LogP contribution is -2.35. The minimum absolute atomic E-state index is 0.0717. The third kappa shape index (κ3) is 2.29. The van der Waals surface area contributed by atoms with Crippen LogP contribution in [0.15, 0.2) is 12.3 Å². The maximum atomic E-state index is 9.45. The van der Waals surface area contributed by atoms with Crippen LogP contribution >= 0.6 is 0 Å². The van der Waals surface area contributed by atoms with E-state index in [0.717, 1.165) is 17.7 Å². The number of rotatable bonds is 3. The fraction of sp³-hybridized carbons (Fsp3) is 0.643. The van der Waals surface area contributed by atoms with Crippen molar-refractivity contribution in [2.24, 2.45) is 0 Å². The highest BCUT2D eigenvalue weighted by Gasteiger charge is 2.30. The lowest BCUT2D eigenvalue weighted by molar-refractivity contribution is 0.281. The van der Waals surface area contributed by atoms with Crippen molar-refractivity contribution in [2.45, 2.75) is 58.7 Å². The number of anilines is 1. The summed E-state index contributed by atoms with van der Waals surface area (Å²) in [5.41, 5.74) is 3.14. The first kappa shape index (κ1) is 12.4. The lowest BCUT2D eigenvalue weighted by atomic mass is 10.1. The van der Waals surface area contributed by atoms with Gasteiger partial charge in [0, 0.05) is 35.2 Å². The van der Waals surface area contributed by atoms with Crippen LogP contribution in [-0.4, -0.2) is 22.2 Å². The van der Waals surface area contributed by atoms with E-state index in [1.807, 2.05) is 13.1 Å². The monoisotopic (exact) mass is 234 g/mol. The zero-order valence-electron chi connectivity index (χ0n) is 11.0. The largest absolute Gasteiger partial charge is 0.392 e. The van der Waals surface area contributed by atoms with Crippen molar-refractivity contribution in [1.29, 1.82) is 0 Å². The van der Waals surface area contributed by atoms with Gasteiger partial charge in [0.15, 0.2) is 0 Å². The standard InChI is InChI=1S/C14H22N2O/c1-4-13-6-5-11(3)16(13)14-7-10(2)15-8-12(14)9-17/h7-8,11,13,17H,4-6,9H2,1-3H3. The van der Waals surface area contributed by atoms with E-state index < -0.39 is 0 Å². The molecule has 17 heavy (non-hydrogen) atoms. The smallest absolute Gasteiger partial charge is 0.0717 e. The van der Waals surface area contributed by atoms with E-state index in [1.54, 1.807) is 0 Å². The molecule has 1 saturated heterocycles. The molecule has 0 radical (unpaired) electrons. The zero-order chi connectivity index (χ0) is 12.4. The first-order valence-electron chi connectivity index (χ1n) is 6.52. The van der Waals surface area contributed by atoms with Crippen molar-refractivity contribution in [3.63, 3.8) is 0 Å². The summed E-state index contributed by atoms with van der Waals surface area (Å²) in [6, 6.07) is 3.28. The summed E-state index contributed by atoms with van der Waals surface area (Å²) in [6.45, 7) is 6.59. The first-order valence-corrected chi connectivity index (χ1v) is 6.52. The van der Waals surface area contributed by atoms with Gasteiger partial charge in [0.1, 0.15) is 0 Å². The first-order chi connectivity index (χ1) is 8.17. The van der Waals surface area contributed by atoms with Gasteiger partial charge in [0.2, 0.25) is 0 Å². The number of aliphatic hydroxyl groups excluding tert-OH is 1. The van der Waals surface area contributed by atoms with Gasteiger partial charge in [-0.25, -0.2) is 0 Å². The van der Waals surface area contributed by atoms with Gasteiger partial charge in [-0.05, 0) is 39.2 Å². The maximum absolute atomic E-state index is 9.45. The van der Waals surface area contributed by atoms with Crippen LogP contribution in [0.1, 0.15) is 44.4 Å². The van der Waals surface area contributed by atoms with Gasteiger partial charge in [-0.2, -0.15) is 0 Å². The molecule has 3 nitrogen and oxygen atoms in total. The number of hydrogen-bond acceptors (Lipinski definition) is 3. The molecule has 1 N–H and O–H groups in total. The summed E-state index contributed by atoms with van der Waals surface area (Å²) in [7, 11) is 0. The molecular formula is C14H22N2O. The van der Waals surface area contributed by atoms with Crippen LogP contribution in [0, 0.1) is 6.92 Å². The van der Waals surface area contributed by atoms with Crippen LogP contribution in [0.25, 0.3) is 0 Å². The normalized spacial score (nSPS) is 24.4. The molecule has 1 aliphatic heterocycles. The van der Waals surface area contributed by atoms with Gasteiger partial charge in [0.05, 0.1) is 6.61 Å². The molecule has 0 aromatic carbocycles. The molecule has 0 spiro atoms. The van der Waals surface area contributed by atoms with Gasteiger partial charge < -0.3 is 10.0 Å². The minimum atomic E-state index is 0.0717. The predicted octanol–water partition coefficient (Wildman–Crippen LogP) is 2.65. The van der Waals surface area contributed by atoms with Crippen LogP contribution in [0.4, 0.5) is 5.69 Å². The fourth-order valence-corrected chi connectivity index (χ4v) is 2.84. The van der Waals surface area contributed by atoms with Crippen molar-refractivity contribution in [2.75, 3.05) is 4.90 Å². The number of pyridine rings is 1. The van der Waals surface area contributed by atoms with Gasteiger partial charge in [-0.1, -0.05) is 6.92 Å². The molecule has 1 aromatic rings. The molecule has 2 rings (SSSR count). The van der Waals surface area contributed by atoms with E-state index >= 15 is 0 Å². The molecule has 1 aliphatic rings. The summed E-state index contributed by atoms with van der Waals surface area (Å²) in [6.07, 6.45) is 5.47. The quantitative estimate of drug-likeness (QED) is 0.873. The Hall–Kier alpha value is -1.09. The number of aromatic nitrogens is 1. The van der Waals surface area contributed by atoms with Crippen LogP contribution in [0.3, 0.4) is 0 Å². The Kier molecular flexibility index (Phi) is 3.67. The molecule has 3 heteroatoms. The molecular weight excluding hydrogens is 212 g/mol. The van der Waals surface area contributed by atoms with E-state index in [0.29, 0.717) is 12.1 Å². The van der Waals surface area contributed by atoms with E-state index in [9.17, 15) is 5.11 Å². The second kappa shape index (κ2) is 5.05. The van der Waals surface area contributed by atoms with Crippen molar-refractivity contribution in [1.82, 2.24) is 4.98 Å². The Balaban J connectivity index is 2.40. The average Bonchev–Trinajstić information content (AvgIpc) is 2.70. The molecule has 1 fully saturated rings. The Morgan fingerprint density at radius 3 is 2.88 bits per heavy atom. The topological polar surface area (TPSA) is 36.4 Å². The molecule has 0 amide bonds. The Morgan fingerprint density at radius 1 is 1.47 bits per heavy atom. The Bertz CT molecular complexity index is 392. The highest BCUT2D eigenvalue weighted by molar-refractivity contribution is 5.55. The van der Waals surface area contributed by atoms with Crippen molar-refractivity contribution in [3.8, 4) is 0 Å². The highest BCUT2D eigenvalue weighted by atomic mass is 16.3. The van der Waals surface area contributed by atoms with Crippen molar-refractivity contribution >= 4 is 5.69 Å². The Morgan fingerprint density at radius 2 is 2.24 bits per heavy atom.